The molecule has 20 heavy (non-hydrogen) atoms. The third-order valence-corrected chi connectivity index (χ3v) is 2.72. The van der Waals surface area contributed by atoms with E-state index in [4.69, 9.17) is 11.1 Å². The van der Waals surface area contributed by atoms with Gasteiger partial charge in [-0.05, 0) is 12.0 Å². The Balaban J connectivity index is 3.13. The number of nitro groups is 1. The number of nitrogen functional groups attached to an aromatic ring is 1. The maximum Gasteiger partial charge on any atom is 0.273 e. The van der Waals surface area contributed by atoms with Crippen molar-refractivity contribution in [2.75, 3.05) is 23.4 Å². The summed E-state index contributed by atoms with van der Waals surface area (Å²) in [6.07, 6.45) is 0.362. The molecule has 1 aromatic rings. The van der Waals surface area contributed by atoms with Gasteiger partial charge < -0.3 is 10.3 Å². The molecule has 1 aromatic carbocycles. The normalized spacial score (nSPS) is 10.2. The summed E-state index contributed by atoms with van der Waals surface area (Å²) in [5.41, 5.74) is 3.57. The Hall–Kier alpha value is -2.33. The van der Waals surface area contributed by atoms with E-state index in [-0.39, 0.29) is 5.69 Å². The van der Waals surface area contributed by atoms with Crippen LogP contribution in [-0.2, 0) is 0 Å². The molecule has 0 radical (unpaired) electrons. The number of nitrogens with one attached hydrogen (secondary N) is 1. The lowest BCUT2D eigenvalue weighted by Gasteiger charge is -2.26. The largest absolute Gasteiger partial charge is 0.370 e. The molecule has 0 aliphatic carbocycles. The maximum absolute atomic E-state index is 10.9. The zero-order chi connectivity index (χ0) is 15.1. The van der Waals surface area contributed by atoms with Crippen molar-refractivity contribution >= 4 is 17.1 Å². The number of anilines is 2. The Labute approximate surface area is 118 Å². The van der Waals surface area contributed by atoms with Gasteiger partial charge in [0.2, 0.25) is 0 Å². The molecule has 7 nitrogen and oxygen atoms in total. The molecule has 0 heterocycles. The number of non-ortho nitro benzene ring substituents is 1. The molecular formula is C13H19N5O2. The van der Waals surface area contributed by atoms with Crippen LogP contribution in [0.2, 0.25) is 0 Å². The van der Waals surface area contributed by atoms with Crippen LogP contribution in [0.15, 0.2) is 18.2 Å². The smallest absolute Gasteiger partial charge is 0.273 e. The molecule has 0 spiro atoms. The average Bonchev–Trinajstić information content (AvgIpc) is 2.42. The molecule has 0 aromatic heterocycles. The Kier molecular flexibility index (Phi) is 5.74. The van der Waals surface area contributed by atoms with Crippen molar-refractivity contribution in [3.63, 3.8) is 0 Å². The first-order chi connectivity index (χ1) is 9.47. The van der Waals surface area contributed by atoms with Gasteiger partial charge >= 0.3 is 0 Å². The van der Waals surface area contributed by atoms with Gasteiger partial charge in [-0.3, -0.25) is 16.0 Å². The van der Waals surface area contributed by atoms with E-state index in [9.17, 15) is 10.1 Å². The van der Waals surface area contributed by atoms with Crippen molar-refractivity contribution < 1.29 is 4.92 Å². The molecule has 0 atom stereocenters. The number of nitriles is 1. The van der Waals surface area contributed by atoms with E-state index >= 15 is 0 Å². The van der Waals surface area contributed by atoms with E-state index in [0.717, 1.165) is 0 Å². The minimum absolute atomic E-state index is 0.0267. The molecule has 0 aliphatic heterocycles. The van der Waals surface area contributed by atoms with Crippen molar-refractivity contribution in [2.45, 2.75) is 20.3 Å². The molecule has 0 amide bonds. The fourth-order valence-electron chi connectivity index (χ4n) is 1.92. The summed E-state index contributed by atoms with van der Waals surface area (Å²) in [5, 5.41) is 19.7. The van der Waals surface area contributed by atoms with E-state index in [0.29, 0.717) is 36.8 Å². The number of hydrogen-bond acceptors (Lipinski definition) is 6. The average molecular weight is 277 g/mol. The second-order valence-corrected chi connectivity index (χ2v) is 4.89. The van der Waals surface area contributed by atoms with Gasteiger partial charge in [0.25, 0.3) is 5.69 Å². The Bertz CT molecular complexity index is 510. The second-order valence-electron chi connectivity index (χ2n) is 4.89. The summed E-state index contributed by atoms with van der Waals surface area (Å²) in [6.45, 7) is 5.35. The highest BCUT2D eigenvalue weighted by Gasteiger charge is 2.15. The van der Waals surface area contributed by atoms with Gasteiger partial charge in [0, 0.05) is 30.9 Å². The van der Waals surface area contributed by atoms with Gasteiger partial charge in [0.05, 0.1) is 23.1 Å². The zero-order valence-corrected chi connectivity index (χ0v) is 11.7. The van der Waals surface area contributed by atoms with Gasteiger partial charge in [-0.2, -0.15) is 5.26 Å². The number of hydrogen-bond donors (Lipinski definition) is 2. The van der Waals surface area contributed by atoms with E-state index in [1.165, 1.54) is 12.1 Å². The summed E-state index contributed by atoms with van der Waals surface area (Å²) in [4.78, 5) is 12.5. The number of rotatable bonds is 7. The molecule has 0 saturated carbocycles. The van der Waals surface area contributed by atoms with E-state index in [2.05, 4.69) is 25.3 Å². The van der Waals surface area contributed by atoms with Crippen molar-refractivity contribution in [1.29, 1.82) is 5.26 Å². The maximum atomic E-state index is 10.9. The van der Waals surface area contributed by atoms with Crippen LogP contribution in [0.25, 0.3) is 0 Å². The van der Waals surface area contributed by atoms with Gasteiger partial charge in [0.15, 0.2) is 0 Å². The van der Waals surface area contributed by atoms with Gasteiger partial charge in [-0.15, -0.1) is 0 Å². The van der Waals surface area contributed by atoms with Crippen LogP contribution in [-0.4, -0.2) is 18.0 Å². The fourth-order valence-corrected chi connectivity index (χ4v) is 1.92. The van der Waals surface area contributed by atoms with Crippen molar-refractivity contribution in [3.05, 3.63) is 28.3 Å². The monoisotopic (exact) mass is 277 g/mol. The van der Waals surface area contributed by atoms with Crippen LogP contribution in [0, 0.1) is 27.4 Å². The summed E-state index contributed by atoms with van der Waals surface area (Å²) in [7, 11) is 0. The summed E-state index contributed by atoms with van der Waals surface area (Å²) in [5.74, 6) is 5.72. The first-order valence-electron chi connectivity index (χ1n) is 6.36. The summed E-state index contributed by atoms with van der Waals surface area (Å²) in [6, 6.07) is 6.71. The molecule has 3 N–H and O–H groups in total. The van der Waals surface area contributed by atoms with E-state index in [1.54, 1.807) is 6.07 Å². The SMILES string of the molecule is CC(C)CN(CCC#N)c1cc(NN)cc([N+](=O)[O-])c1. The number of nitrogens with two attached hydrogens (primary N) is 1. The Morgan fingerprint density at radius 3 is 2.70 bits per heavy atom. The first-order valence-corrected chi connectivity index (χ1v) is 6.36. The van der Waals surface area contributed by atoms with Crippen LogP contribution in [0.3, 0.4) is 0 Å². The lowest BCUT2D eigenvalue weighted by Crippen LogP contribution is -2.28. The fraction of sp³-hybridized carbons (Fsp3) is 0.462. The van der Waals surface area contributed by atoms with E-state index in [1.807, 2.05) is 4.90 Å². The van der Waals surface area contributed by atoms with Crippen molar-refractivity contribution in [1.82, 2.24) is 0 Å². The van der Waals surface area contributed by atoms with Crippen molar-refractivity contribution in [3.8, 4) is 6.07 Å². The number of nitro benzene ring substituents is 1. The highest BCUT2D eigenvalue weighted by atomic mass is 16.6. The predicted molar refractivity (Wildman–Crippen MR) is 78.2 cm³/mol. The van der Waals surface area contributed by atoms with Gasteiger partial charge in [-0.25, -0.2) is 0 Å². The highest BCUT2D eigenvalue weighted by molar-refractivity contribution is 5.64. The quantitative estimate of drug-likeness (QED) is 0.449. The number of benzene rings is 1. The third kappa shape index (κ3) is 4.40. The molecule has 0 saturated heterocycles. The summed E-state index contributed by atoms with van der Waals surface area (Å²) >= 11 is 0. The topological polar surface area (TPSA) is 108 Å². The van der Waals surface area contributed by atoms with Crippen LogP contribution >= 0.6 is 0 Å². The summed E-state index contributed by atoms with van der Waals surface area (Å²) < 4.78 is 0. The minimum atomic E-state index is -0.456. The van der Waals surface area contributed by atoms with E-state index < -0.39 is 4.92 Å². The number of hydrazine groups is 1. The highest BCUT2D eigenvalue weighted by Crippen LogP contribution is 2.27. The first kappa shape index (κ1) is 15.7. The van der Waals surface area contributed by atoms with Gasteiger partial charge in [0.1, 0.15) is 0 Å². The number of nitrogens with zero attached hydrogens (tertiary/aromatic N) is 3. The van der Waals surface area contributed by atoms with Crippen molar-refractivity contribution in [2.24, 2.45) is 11.8 Å². The standard InChI is InChI=1S/C13H19N5O2/c1-10(2)9-17(5-3-4-14)12-6-11(16-15)7-13(8-12)18(19)20/h6-8,10,16H,3,5,9,15H2,1-2H3. The molecule has 108 valence electrons. The van der Waals surface area contributed by atoms with Gasteiger partial charge in [-0.1, -0.05) is 13.8 Å². The van der Waals surface area contributed by atoms with Crippen LogP contribution in [0.1, 0.15) is 20.3 Å². The third-order valence-electron chi connectivity index (χ3n) is 2.72. The van der Waals surface area contributed by atoms with Crippen LogP contribution in [0.4, 0.5) is 17.1 Å². The lowest BCUT2D eigenvalue weighted by molar-refractivity contribution is -0.384. The molecule has 0 bridgehead atoms. The lowest BCUT2D eigenvalue weighted by atomic mass is 10.1. The predicted octanol–water partition coefficient (Wildman–Crippen LogP) is 2.26. The molecule has 0 fully saturated rings. The Morgan fingerprint density at radius 2 is 2.20 bits per heavy atom. The second kappa shape index (κ2) is 7.31. The molecule has 0 unspecified atom stereocenters. The molecule has 7 heteroatoms. The zero-order valence-electron chi connectivity index (χ0n) is 11.7. The molecular weight excluding hydrogens is 258 g/mol. The van der Waals surface area contributed by atoms with Crippen LogP contribution in [0.5, 0.6) is 0 Å². The molecule has 0 aliphatic rings. The minimum Gasteiger partial charge on any atom is -0.370 e. The molecule has 1 rings (SSSR count). The Morgan fingerprint density at radius 1 is 1.50 bits per heavy atom. The van der Waals surface area contributed by atoms with Crippen LogP contribution < -0.4 is 16.2 Å².